The molecule has 0 radical (unpaired) electrons. The number of aryl methyl sites for hydroxylation is 1. The average Bonchev–Trinajstić information content (AvgIpc) is 2.33. The second kappa shape index (κ2) is 6.16. The summed E-state index contributed by atoms with van der Waals surface area (Å²) in [5, 5.41) is 10.6. The van der Waals surface area contributed by atoms with Gasteiger partial charge >= 0.3 is 6.09 Å². The maximum atomic E-state index is 11.8. The Hall–Kier alpha value is -2.71. The fourth-order valence-electron chi connectivity index (χ4n) is 1.37. The standard InChI is InChI=1S/C12H16N4O5/c1-7-5-8(16(19)20)6-13-9(7)10(17)14-15-11(18)21-12(2,3)4/h5-6H,1-4H3,(H,14,17)(H,15,18). The summed E-state index contributed by atoms with van der Waals surface area (Å²) >= 11 is 0. The van der Waals surface area contributed by atoms with Gasteiger partial charge in [0.25, 0.3) is 11.6 Å². The van der Waals surface area contributed by atoms with Crippen LogP contribution >= 0.6 is 0 Å². The molecule has 0 aliphatic heterocycles. The van der Waals surface area contributed by atoms with Crippen molar-refractivity contribution in [3.63, 3.8) is 0 Å². The summed E-state index contributed by atoms with van der Waals surface area (Å²) in [4.78, 5) is 36.8. The zero-order valence-electron chi connectivity index (χ0n) is 12.1. The maximum absolute atomic E-state index is 11.8. The number of ether oxygens (including phenoxy) is 1. The van der Waals surface area contributed by atoms with Crippen molar-refractivity contribution >= 4 is 17.7 Å². The third kappa shape index (κ3) is 5.05. The van der Waals surface area contributed by atoms with Crippen LogP contribution < -0.4 is 10.9 Å². The van der Waals surface area contributed by atoms with Crippen LogP contribution in [0.5, 0.6) is 0 Å². The monoisotopic (exact) mass is 296 g/mol. The molecule has 21 heavy (non-hydrogen) atoms. The molecule has 0 aliphatic carbocycles. The highest BCUT2D eigenvalue weighted by atomic mass is 16.6. The van der Waals surface area contributed by atoms with Crippen LogP contribution in [-0.4, -0.2) is 27.5 Å². The van der Waals surface area contributed by atoms with E-state index in [0.717, 1.165) is 6.20 Å². The van der Waals surface area contributed by atoms with E-state index < -0.39 is 22.5 Å². The summed E-state index contributed by atoms with van der Waals surface area (Å²) in [6.07, 6.45) is 0.144. The maximum Gasteiger partial charge on any atom is 0.426 e. The number of nitro groups is 1. The predicted octanol–water partition coefficient (Wildman–Crippen LogP) is 1.47. The molecule has 1 rings (SSSR count). The Morgan fingerprint density at radius 2 is 1.95 bits per heavy atom. The Morgan fingerprint density at radius 3 is 2.43 bits per heavy atom. The van der Waals surface area contributed by atoms with E-state index in [0.29, 0.717) is 5.56 Å². The molecule has 9 nitrogen and oxygen atoms in total. The summed E-state index contributed by atoms with van der Waals surface area (Å²) < 4.78 is 4.93. The lowest BCUT2D eigenvalue weighted by molar-refractivity contribution is -0.385. The quantitative estimate of drug-likeness (QED) is 0.629. The summed E-state index contributed by atoms with van der Waals surface area (Å²) in [5.74, 6) is -0.701. The number of aromatic nitrogens is 1. The van der Waals surface area contributed by atoms with Gasteiger partial charge in [-0.1, -0.05) is 0 Å². The summed E-state index contributed by atoms with van der Waals surface area (Å²) in [5.41, 5.74) is 3.55. The lowest BCUT2D eigenvalue weighted by Gasteiger charge is -2.19. The number of hydrogen-bond donors (Lipinski definition) is 2. The molecule has 9 heteroatoms. The largest absolute Gasteiger partial charge is 0.443 e. The molecule has 0 aliphatic rings. The molecule has 0 unspecified atom stereocenters. The van der Waals surface area contributed by atoms with E-state index in [-0.39, 0.29) is 11.4 Å². The molecule has 0 aromatic carbocycles. The molecule has 0 saturated carbocycles. The molecule has 1 aromatic heterocycles. The van der Waals surface area contributed by atoms with E-state index in [1.54, 1.807) is 20.8 Å². The van der Waals surface area contributed by atoms with Crippen LogP contribution in [0.3, 0.4) is 0 Å². The average molecular weight is 296 g/mol. The van der Waals surface area contributed by atoms with Crippen molar-refractivity contribution in [2.45, 2.75) is 33.3 Å². The Morgan fingerprint density at radius 1 is 1.33 bits per heavy atom. The molecular formula is C12H16N4O5. The van der Waals surface area contributed by atoms with Crippen LogP contribution in [0.1, 0.15) is 36.8 Å². The Labute approximate surface area is 120 Å². The van der Waals surface area contributed by atoms with Gasteiger partial charge in [0, 0.05) is 6.07 Å². The highest BCUT2D eigenvalue weighted by molar-refractivity contribution is 5.94. The van der Waals surface area contributed by atoms with Crippen molar-refractivity contribution in [3.05, 3.63) is 33.6 Å². The zero-order chi connectivity index (χ0) is 16.2. The van der Waals surface area contributed by atoms with E-state index in [4.69, 9.17) is 4.74 Å². The van der Waals surface area contributed by atoms with Gasteiger partial charge in [-0.25, -0.2) is 15.2 Å². The molecule has 0 saturated heterocycles. The zero-order valence-corrected chi connectivity index (χ0v) is 12.1. The minimum atomic E-state index is -0.824. The normalized spacial score (nSPS) is 10.7. The fraction of sp³-hybridized carbons (Fsp3) is 0.417. The van der Waals surface area contributed by atoms with Crippen molar-refractivity contribution < 1.29 is 19.2 Å². The van der Waals surface area contributed by atoms with Gasteiger partial charge in [0.2, 0.25) is 0 Å². The molecule has 0 bridgehead atoms. The second-order valence-corrected chi connectivity index (χ2v) is 5.20. The van der Waals surface area contributed by atoms with E-state index in [2.05, 4.69) is 15.8 Å². The van der Waals surface area contributed by atoms with Crippen LogP contribution in [0.25, 0.3) is 0 Å². The first-order valence-electron chi connectivity index (χ1n) is 6.00. The van der Waals surface area contributed by atoms with E-state index >= 15 is 0 Å². The van der Waals surface area contributed by atoms with Crippen LogP contribution in [0.2, 0.25) is 0 Å². The van der Waals surface area contributed by atoms with E-state index in [9.17, 15) is 19.7 Å². The third-order valence-corrected chi connectivity index (χ3v) is 2.17. The Kier molecular flexibility index (Phi) is 4.79. The van der Waals surface area contributed by atoms with Crippen molar-refractivity contribution in [1.82, 2.24) is 15.8 Å². The lowest BCUT2D eigenvalue weighted by Crippen LogP contribution is -2.44. The van der Waals surface area contributed by atoms with Crippen LogP contribution in [0.4, 0.5) is 10.5 Å². The summed E-state index contributed by atoms with van der Waals surface area (Å²) in [6.45, 7) is 6.53. The first-order valence-corrected chi connectivity index (χ1v) is 6.00. The van der Waals surface area contributed by atoms with Gasteiger partial charge in [-0.2, -0.15) is 0 Å². The lowest BCUT2D eigenvalue weighted by atomic mass is 10.2. The van der Waals surface area contributed by atoms with Gasteiger partial charge in [-0.15, -0.1) is 0 Å². The number of carbonyl (C=O) groups excluding carboxylic acids is 2. The van der Waals surface area contributed by atoms with Crippen LogP contribution in [0.15, 0.2) is 12.3 Å². The van der Waals surface area contributed by atoms with Gasteiger partial charge in [0.15, 0.2) is 0 Å². The van der Waals surface area contributed by atoms with Crippen LogP contribution in [0, 0.1) is 17.0 Å². The molecule has 1 heterocycles. The number of hydrazine groups is 1. The number of nitrogens with zero attached hydrogens (tertiary/aromatic N) is 2. The number of rotatable bonds is 2. The Bertz CT molecular complexity index is 580. The van der Waals surface area contributed by atoms with E-state index in [1.165, 1.54) is 13.0 Å². The SMILES string of the molecule is Cc1cc([N+](=O)[O-])cnc1C(=O)NNC(=O)OC(C)(C)C. The molecule has 1 aromatic rings. The van der Waals surface area contributed by atoms with Crippen molar-refractivity contribution in [2.24, 2.45) is 0 Å². The third-order valence-electron chi connectivity index (χ3n) is 2.17. The molecule has 0 fully saturated rings. The van der Waals surface area contributed by atoms with Crippen molar-refractivity contribution in [2.75, 3.05) is 0 Å². The van der Waals surface area contributed by atoms with E-state index in [1.807, 2.05) is 0 Å². The number of nitrogens with one attached hydrogen (secondary N) is 2. The molecule has 2 amide bonds. The topological polar surface area (TPSA) is 123 Å². The van der Waals surface area contributed by atoms with Gasteiger partial charge in [0.1, 0.15) is 17.5 Å². The predicted molar refractivity (Wildman–Crippen MR) is 72.5 cm³/mol. The second-order valence-electron chi connectivity index (χ2n) is 5.20. The first-order chi connectivity index (χ1) is 9.60. The molecule has 114 valence electrons. The highest BCUT2D eigenvalue weighted by Gasteiger charge is 2.18. The molecular weight excluding hydrogens is 280 g/mol. The first kappa shape index (κ1) is 16.3. The smallest absolute Gasteiger partial charge is 0.426 e. The summed E-state index contributed by atoms with van der Waals surface area (Å²) in [6, 6.07) is 1.22. The van der Waals surface area contributed by atoms with Gasteiger partial charge in [-0.3, -0.25) is 20.3 Å². The van der Waals surface area contributed by atoms with Gasteiger partial charge in [0.05, 0.1) is 4.92 Å². The van der Waals surface area contributed by atoms with Gasteiger partial charge < -0.3 is 4.74 Å². The van der Waals surface area contributed by atoms with Crippen molar-refractivity contribution in [3.8, 4) is 0 Å². The number of hydrogen-bond acceptors (Lipinski definition) is 6. The fourth-order valence-corrected chi connectivity index (χ4v) is 1.37. The van der Waals surface area contributed by atoms with Gasteiger partial charge in [-0.05, 0) is 33.3 Å². The number of pyridine rings is 1. The van der Waals surface area contributed by atoms with Crippen LogP contribution in [-0.2, 0) is 4.74 Å². The van der Waals surface area contributed by atoms with Crippen molar-refractivity contribution in [1.29, 1.82) is 0 Å². The molecule has 0 spiro atoms. The Balaban J connectivity index is 2.68. The highest BCUT2D eigenvalue weighted by Crippen LogP contribution is 2.14. The summed E-state index contributed by atoms with van der Waals surface area (Å²) in [7, 11) is 0. The number of amides is 2. The number of carbonyl (C=O) groups is 2. The molecule has 2 N–H and O–H groups in total. The minimum absolute atomic E-state index is 0.0309. The molecule has 0 atom stereocenters. The minimum Gasteiger partial charge on any atom is -0.443 e.